The molecule has 0 aliphatic rings. The van der Waals surface area contributed by atoms with E-state index in [-0.39, 0.29) is 17.9 Å². The Morgan fingerprint density at radius 2 is 1.89 bits per heavy atom. The Kier molecular flexibility index (Phi) is 5.63. The molecule has 1 aromatic rings. The van der Waals surface area contributed by atoms with Crippen molar-refractivity contribution < 1.29 is 4.79 Å². The number of rotatable bonds is 5. The van der Waals surface area contributed by atoms with Crippen molar-refractivity contribution in [1.29, 1.82) is 0 Å². The van der Waals surface area contributed by atoms with Crippen molar-refractivity contribution in [2.75, 3.05) is 13.6 Å². The zero-order chi connectivity index (χ0) is 13.7. The summed E-state index contributed by atoms with van der Waals surface area (Å²) in [6.07, 6.45) is 0.397. The fraction of sp³-hybridized carbons (Fsp3) is 0.500. The summed E-state index contributed by atoms with van der Waals surface area (Å²) in [4.78, 5) is 13.6. The third-order valence-corrected chi connectivity index (χ3v) is 3.73. The van der Waals surface area contributed by atoms with E-state index in [1.807, 2.05) is 38.2 Å². The van der Waals surface area contributed by atoms with Crippen molar-refractivity contribution in [3.05, 3.63) is 34.9 Å². The minimum absolute atomic E-state index is 0.0887. The zero-order valence-corrected chi connectivity index (χ0v) is 11.9. The number of amides is 1. The van der Waals surface area contributed by atoms with Crippen LogP contribution in [0, 0.1) is 0 Å². The Morgan fingerprint density at radius 3 is 2.39 bits per heavy atom. The van der Waals surface area contributed by atoms with Gasteiger partial charge in [-0.05, 0) is 24.6 Å². The molecule has 0 fully saturated rings. The van der Waals surface area contributed by atoms with Gasteiger partial charge in [0.25, 0.3) is 0 Å². The fourth-order valence-corrected chi connectivity index (χ4v) is 2.03. The molecule has 0 heterocycles. The van der Waals surface area contributed by atoms with E-state index in [2.05, 4.69) is 6.92 Å². The minimum atomic E-state index is 0.0887. The molecule has 2 N–H and O–H groups in total. The molecule has 18 heavy (non-hydrogen) atoms. The van der Waals surface area contributed by atoms with Gasteiger partial charge in [0.2, 0.25) is 5.91 Å². The molecule has 0 saturated carbocycles. The second kappa shape index (κ2) is 6.76. The quantitative estimate of drug-likeness (QED) is 0.892. The first kappa shape index (κ1) is 15.0. The summed E-state index contributed by atoms with van der Waals surface area (Å²) in [7, 11) is 1.83. The predicted octanol–water partition coefficient (Wildman–Crippen LogP) is 2.64. The smallest absolute Gasteiger partial charge is 0.223 e. The summed E-state index contributed by atoms with van der Waals surface area (Å²) in [6, 6.07) is 7.89. The van der Waals surface area contributed by atoms with Crippen LogP contribution in [0.4, 0.5) is 0 Å². The minimum Gasteiger partial charge on any atom is -0.342 e. The van der Waals surface area contributed by atoms with Crippen LogP contribution in [0.25, 0.3) is 0 Å². The highest BCUT2D eigenvalue weighted by molar-refractivity contribution is 6.30. The van der Waals surface area contributed by atoms with Gasteiger partial charge in [-0.2, -0.15) is 0 Å². The Bertz CT molecular complexity index is 391. The van der Waals surface area contributed by atoms with E-state index in [1.54, 1.807) is 4.90 Å². The molecule has 4 heteroatoms. The van der Waals surface area contributed by atoms with E-state index in [0.29, 0.717) is 13.0 Å². The molecule has 1 aromatic carbocycles. The van der Waals surface area contributed by atoms with E-state index in [9.17, 15) is 4.79 Å². The van der Waals surface area contributed by atoms with Gasteiger partial charge in [0, 0.05) is 37.0 Å². The van der Waals surface area contributed by atoms with Gasteiger partial charge >= 0.3 is 0 Å². The molecule has 1 amide bonds. The molecule has 0 radical (unpaired) electrons. The van der Waals surface area contributed by atoms with Crippen LogP contribution in [0.2, 0.25) is 5.02 Å². The third kappa shape index (κ3) is 3.72. The van der Waals surface area contributed by atoms with Gasteiger partial charge in [0.1, 0.15) is 0 Å². The van der Waals surface area contributed by atoms with Crippen LogP contribution in [-0.4, -0.2) is 30.4 Å². The number of hydrogen-bond acceptors (Lipinski definition) is 2. The second-order valence-corrected chi connectivity index (χ2v) is 5.06. The van der Waals surface area contributed by atoms with Gasteiger partial charge in [-0.25, -0.2) is 0 Å². The number of carbonyl (C=O) groups excluding carboxylic acids is 1. The van der Waals surface area contributed by atoms with Gasteiger partial charge in [0.15, 0.2) is 0 Å². The van der Waals surface area contributed by atoms with Gasteiger partial charge in [-0.1, -0.05) is 30.7 Å². The van der Waals surface area contributed by atoms with Crippen molar-refractivity contribution in [2.24, 2.45) is 5.73 Å². The number of nitrogens with two attached hydrogens (primary N) is 1. The first-order valence-corrected chi connectivity index (χ1v) is 6.56. The first-order valence-electron chi connectivity index (χ1n) is 6.18. The summed E-state index contributed by atoms with van der Waals surface area (Å²) >= 11 is 5.87. The summed E-state index contributed by atoms with van der Waals surface area (Å²) in [6.45, 7) is 4.55. The molecule has 0 saturated heterocycles. The van der Waals surface area contributed by atoms with Crippen LogP contribution in [0.3, 0.4) is 0 Å². The topological polar surface area (TPSA) is 46.3 Å². The Morgan fingerprint density at radius 1 is 1.33 bits per heavy atom. The van der Waals surface area contributed by atoms with E-state index in [4.69, 9.17) is 17.3 Å². The number of likely N-dealkylation sites (N-methyl/N-ethyl adjacent to an activating group) is 1. The molecule has 100 valence electrons. The van der Waals surface area contributed by atoms with Crippen molar-refractivity contribution in [3.8, 4) is 0 Å². The molecule has 0 aliphatic heterocycles. The summed E-state index contributed by atoms with van der Waals surface area (Å²) in [5.41, 5.74) is 6.59. The van der Waals surface area contributed by atoms with Gasteiger partial charge in [0.05, 0.1) is 0 Å². The Labute approximate surface area is 114 Å². The van der Waals surface area contributed by atoms with Crippen molar-refractivity contribution >= 4 is 17.5 Å². The second-order valence-electron chi connectivity index (χ2n) is 4.62. The highest BCUT2D eigenvalue weighted by atomic mass is 35.5. The van der Waals surface area contributed by atoms with Crippen molar-refractivity contribution in [1.82, 2.24) is 4.90 Å². The van der Waals surface area contributed by atoms with Gasteiger partial charge in [-0.15, -0.1) is 0 Å². The molecule has 0 aliphatic carbocycles. The van der Waals surface area contributed by atoms with Crippen LogP contribution in [0.5, 0.6) is 0 Å². The predicted molar refractivity (Wildman–Crippen MR) is 75.8 cm³/mol. The van der Waals surface area contributed by atoms with Crippen LogP contribution in [0.15, 0.2) is 24.3 Å². The maximum Gasteiger partial charge on any atom is 0.223 e. The number of nitrogens with zero attached hydrogens (tertiary/aromatic N) is 1. The summed E-state index contributed by atoms with van der Waals surface area (Å²) < 4.78 is 0. The maximum atomic E-state index is 11.8. The Balaban J connectivity index is 2.74. The molecule has 3 nitrogen and oxygen atoms in total. The van der Waals surface area contributed by atoms with Crippen LogP contribution >= 0.6 is 11.6 Å². The molecular weight excluding hydrogens is 248 g/mol. The SMILES string of the molecule is C[C@@H](c1ccc(Cl)cc1)[C@H](C)N(C)C(=O)CCN. The van der Waals surface area contributed by atoms with Crippen LogP contribution in [0.1, 0.15) is 31.7 Å². The highest BCUT2D eigenvalue weighted by Crippen LogP contribution is 2.24. The van der Waals surface area contributed by atoms with Gasteiger partial charge < -0.3 is 10.6 Å². The largest absolute Gasteiger partial charge is 0.342 e. The molecular formula is C14H21ClN2O. The lowest BCUT2D eigenvalue weighted by Crippen LogP contribution is -2.39. The number of hydrogen-bond donors (Lipinski definition) is 1. The van der Waals surface area contributed by atoms with Crippen molar-refractivity contribution in [2.45, 2.75) is 32.2 Å². The number of benzene rings is 1. The summed E-state index contributed by atoms with van der Waals surface area (Å²) in [5.74, 6) is 0.347. The Hall–Kier alpha value is -1.06. The number of halogens is 1. The number of carbonyl (C=O) groups is 1. The van der Waals surface area contributed by atoms with Crippen molar-refractivity contribution in [3.63, 3.8) is 0 Å². The molecule has 0 bridgehead atoms. The van der Waals surface area contributed by atoms with E-state index < -0.39 is 0 Å². The summed E-state index contributed by atoms with van der Waals surface area (Å²) in [5, 5.41) is 0.728. The van der Waals surface area contributed by atoms with E-state index in [0.717, 1.165) is 5.02 Å². The average molecular weight is 269 g/mol. The molecule has 0 spiro atoms. The molecule has 0 aromatic heterocycles. The maximum absolute atomic E-state index is 11.8. The zero-order valence-electron chi connectivity index (χ0n) is 11.2. The lowest BCUT2D eigenvalue weighted by atomic mass is 9.93. The normalized spacial score (nSPS) is 14.1. The highest BCUT2D eigenvalue weighted by Gasteiger charge is 2.21. The lowest BCUT2D eigenvalue weighted by Gasteiger charge is -2.30. The third-order valence-electron chi connectivity index (χ3n) is 3.48. The van der Waals surface area contributed by atoms with E-state index in [1.165, 1.54) is 5.56 Å². The molecule has 0 unspecified atom stereocenters. The first-order chi connectivity index (χ1) is 8.47. The van der Waals surface area contributed by atoms with Crippen LogP contribution < -0.4 is 5.73 Å². The van der Waals surface area contributed by atoms with Crippen LogP contribution in [-0.2, 0) is 4.79 Å². The van der Waals surface area contributed by atoms with Gasteiger partial charge in [-0.3, -0.25) is 4.79 Å². The monoisotopic (exact) mass is 268 g/mol. The lowest BCUT2D eigenvalue weighted by molar-refractivity contribution is -0.131. The van der Waals surface area contributed by atoms with E-state index >= 15 is 0 Å². The molecule has 1 rings (SSSR count). The fourth-order valence-electron chi connectivity index (χ4n) is 1.91. The average Bonchev–Trinajstić information content (AvgIpc) is 2.37. The molecule has 2 atom stereocenters. The standard InChI is InChI=1S/C14H21ClN2O/c1-10(12-4-6-13(15)7-5-12)11(2)17(3)14(18)8-9-16/h4-7,10-11H,8-9,16H2,1-3H3/t10-,11+/m1/s1.